The highest BCUT2D eigenvalue weighted by atomic mass is 16.4. The summed E-state index contributed by atoms with van der Waals surface area (Å²) in [5, 5.41) is 0. The number of para-hydroxylation sites is 2. The van der Waals surface area contributed by atoms with Gasteiger partial charge in [-0.1, -0.05) is 12.1 Å². The largest absolute Gasteiger partial charge is 0.423 e. The topological polar surface area (TPSA) is 76.9 Å². The van der Waals surface area contributed by atoms with Gasteiger partial charge < -0.3 is 19.1 Å². The van der Waals surface area contributed by atoms with E-state index in [9.17, 15) is 4.79 Å². The number of likely N-dealkylation sites (tertiary alicyclic amines) is 2. The van der Waals surface area contributed by atoms with Gasteiger partial charge in [-0.15, -0.1) is 0 Å². The fourth-order valence-corrected chi connectivity index (χ4v) is 6.14. The van der Waals surface area contributed by atoms with Crippen LogP contribution in [0.25, 0.3) is 11.1 Å². The molecule has 4 aliphatic rings. The molecule has 2 aromatic rings. The van der Waals surface area contributed by atoms with E-state index < -0.39 is 0 Å². The average Bonchev–Trinajstić information content (AvgIpc) is 3.50. The van der Waals surface area contributed by atoms with Crippen LogP contribution >= 0.6 is 0 Å². The lowest BCUT2D eigenvalue weighted by atomic mass is 9.89. The van der Waals surface area contributed by atoms with Crippen molar-refractivity contribution in [1.29, 1.82) is 0 Å². The van der Waals surface area contributed by atoms with Gasteiger partial charge in [-0.05, 0) is 57.3 Å². The standard InChI is InChI=1S/C24H34N6O2/c31-23(30-14-9-20-18(16-30)15-25-27-20)17-5-10-28(11-6-17)19-7-12-29(13-8-19)24-26-21-3-1-2-4-22(21)32-24/h1-4,17-20,25,27H,5-16H2. The Morgan fingerprint density at radius 1 is 1.00 bits per heavy atom. The summed E-state index contributed by atoms with van der Waals surface area (Å²) < 4.78 is 5.96. The number of nitrogens with zero attached hydrogens (tertiary/aromatic N) is 4. The number of fused-ring (bicyclic) bond motifs is 2. The minimum Gasteiger partial charge on any atom is -0.423 e. The van der Waals surface area contributed by atoms with Crippen molar-refractivity contribution >= 4 is 23.0 Å². The predicted octanol–water partition coefficient (Wildman–Crippen LogP) is 1.83. The molecule has 8 nitrogen and oxygen atoms in total. The Morgan fingerprint density at radius 2 is 1.81 bits per heavy atom. The Balaban J connectivity index is 0.989. The smallest absolute Gasteiger partial charge is 0.298 e. The summed E-state index contributed by atoms with van der Waals surface area (Å²) in [6.07, 6.45) is 5.34. The Hall–Kier alpha value is -2.16. The van der Waals surface area contributed by atoms with Gasteiger partial charge in [-0.3, -0.25) is 15.6 Å². The van der Waals surface area contributed by atoms with Crippen LogP contribution in [-0.2, 0) is 4.79 Å². The van der Waals surface area contributed by atoms with Crippen molar-refractivity contribution in [2.24, 2.45) is 11.8 Å². The molecule has 0 saturated carbocycles. The van der Waals surface area contributed by atoms with Crippen molar-refractivity contribution in [1.82, 2.24) is 25.6 Å². The maximum atomic E-state index is 13.1. The number of oxazole rings is 1. The number of rotatable bonds is 3. The second kappa shape index (κ2) is 8.65. The minimum atomic E-state index is 0.213. The molecule has 2 N–H and O–H groups in total. The number of hydrazine groups is 1. The summed E-state index contributed by atoms with van der Waals surface area (Å²) in [6.45, 7) is 6.86. The summed E-state index contributed by atoms with van der Waals surface area (Å²) in [5.74, 6) is 1.19. The van der Waals surface area contributed by atoms with Crippen LogP contribution in [0, 0.1) is 11.8 Å². The summed E-state index contributed by atoms with van der Waals surface area (Å²) in [7, 11) is 0. The van der Waals surface area contributed by atoms with Crippen molar-refractivity contribution < 1.29 is 9.21 Å². The first-order chi connectivity index (χ1) is 15.7. The van der Waals surface area contributed by atoms with E-state index in [2.05, 4.69) is 30.5 Å². The molecule has 1 amide bonds. The van der Waals surface area contributed by atoms with Crippen molar-refractivity contribution in [2.45, 2.75) is 44.2 Å². The quantitative estimate of drug-likeness (QED) is 0.757. The second-order valence-electron chi connectivity index (χ2n) is 9.96. The van der Waals surface area contributed by atoms with Gasteiger partial charge in [0.15, 0.2) is 5.58 Å². The number of carbonyl (C=O) groups excluding carboxylic acids is 1. The molecule has 2 atom stereocenters. The van der Waals surface area contributed by atoms with E-state index in [1.165, 1.54) is 0 Å². The third-order valence-corrected chi connectivity index (χ3v) is 8.11. The zero-order valence-electron chi connectivity index (χ0n) is 18.7. The Labute approximate surface area is 189 Å². The third-order valence-electron chi connectivity index (χ3n) is 8.11. The first-order valence-corrected chi connectivity index (χ1v) is 12.4. The van der Waals surface area contributed by atoms with Crippen LogP contribution < -0.4 is 15.8 Å². The van der Waals surface area contributed by atoms with E-state index in [0.717, 1.165) is 95.0 Å². The third kappa shape index (κ3) is 3.89. The van der Waals surface area contributed by atoms with Gasteiger partial charge in [0.25, 0.3) is 6.01 Å². The lowest BCUT2D eigenvalue weighted by molar-refractivity contribution is -0.139. The first kappa shape index (κ1) is 20.4. The number of carbonyl (C=O) groups is 1. The molecule has 32 heavy (non-hydrogen) atoms. The molecule has 5 heterocycles. The van der Waals surface area contributed by atoms with Crippen molar-refractivity contribution in [3.05, 3.63) is 24.3 Å². The van der Waals surface area contributed by atoms with Crippen LogP contribution in [0.5, 0.6) is 0 Å². The maximum Gasteiger partial charge on any atom is 0.298 e. The van der Waals surface area contributed by atoms with E-state index in [0.29, 0.717) is 23.9 Å². The molecular formula is C24H34N6O2. The van der Waals surface area contributed by atoms with Crippen LogP contribution in [0.4, 0.5) is 6.01 Å². The van der Waals surface area contributed by atoms with Gasteiger partial charge >= 0.3 is 0 Å². The molecule has 2 unspecified atom stereocenters. The van der Waals surface area contributed by atoms with Crippen LogP contribution in [0.3, 0.4) is 0 Å². The molecule has 4 fully saturated rings. The molecule has 0 radical (unpaired) electrons. The number of hydrogen-bond donors (Lipinski definition) is 2. The SMILES string of the molecule is O=C(C1CCN(C2CCN(c3nc4ccccc4o3)CC2)CC1)N1CCC2NNCC2C1. The van der Waals surface area contributed by atoms with E-state index in [1.54, 1.807) is 0 Å². The zero-order chi connectivity index (χ0) is 21.5. The summed E-state index contributed by atoms with van der Waals surface area (Å²) in [5.41, 5.74) is 8.40. The number of nitrogens with one attached hydrogen (secondary N) is 2. The molecule has 8 heteroatoms. The lowest BCUT2D eigenvalue weighted by Crippen LogP contribution is -2.52. The highest BCUT2D eigenvalue weighted by Crippen LogP contribution is 2.29. The number of anilines is 1. The van der Waals surface area contributed by atoms with Crippen LogP contribution in [0.2, 0.25) is 0 Å². The van der Waals surface area contributed by atoms with Crippen molar-refractivity contribution in [3.63, 3.8) is 0 Å². The van der Waals surface area contributed by atoms with Crippen molar-refractivity contribution in [2.75, 3.05) is 50.7 Å². The van der Waals surface area contributed by atoms with Gasteiger partial charge in [-0.2, -0.15) is 4.98 Å². The van der Waals surface area contributed by atoms with Crippen molar-refractivity contribution in [3.8, 4) is 0 Å². The number of aromatic nitrogens is 1. The van der Waals surface area contributed by atoms with E-state index in [4.69, 9.17) is 4.42 Å². The monoisotopic (exact) mass is 438 g/mol. The van der Waals surface area contributed by atoms with Gasteiger partial charge in [-0.25, -0.2) is 0 Å². The number of amides is 1. The molecular weight excluding hydrogens is 404 g/mol. The summed E-state index contributed by atoms with van der Waals surface area (Å²) >= 11 is 0. The molecule has 4 saturated heterocycles. The summed E-state index contributed by atoms with van der Waals surface area (Å²) in [4.78, 5) is 24.9. The molecule has 0 bridgehead atoms. The van der Waals surface area contributed by atoms with Gasteiger partial charge in [0.05, 0.1) is 0 Å². The molecule has 6 rings (SSSR count). The Kier molecular flexibility index (Phi) is 5.53. The number of hydrogen-bond acceptors (Lipinski definition) is 7. The molecule has 0 aliphatic carbocycles. The van der Waals surface area contributed by atoms with Crippen LogP contribution in [-0.4, -0.2) is 78.6 Å². The van der Waals surface area contributed by atoms with Gasteiger partial charge in [0.2, 0.25) is 5.91 Å². The van der Waals surface area contributed by atoms with E-state index >= 15 is 0 Å². The van der Waals surface area contributed by atoms with Crippen LogP contribution in [0.1, 0.15) is 32.1 Å². The Morgan fingerprint density at radius 3 is 2.62 bits per heavy atom. The predicted molar refractivity (Wildman–Crippen MR) is 123 cm³/mol. The minimum absolute atomic E-state index is 0.213. The molecule has 1 aromatic heterocycles. The molecule has 1 aromatic carbocycles. The average molecular weight is 439 g/mol. The first-order valence-electron chi connectivity index (χ1n) is 12.4. The Bertz CT molecular complexity index is 914. The normalized spacial score (nSPS) is 28.4. The maximum absolute atomic E-state index is 13.1. The highest BCUT2D eigenvalue weighted by Gasteiger charge is 2.38. The molecule has 0 spiro atoms. The van der Waals surface area contributed by atoms with E-state index in [1.807, 2.05) is 24.3 Å². The fourth-order valence-electron chi connectivity index (χ4n) is 6.14. The van der Waals surface area contributed by atoms with Gasteiger partial charge in [0.1, 0.15) is 5.52 Å². The van der Waals surface area contributed by atoms with E-state index in [-0.39, 0.29) is 5.92 Å². The molecule has 172 valence electrons. The summed E-state index contributed by atoms with van der Waals surface area (Å²) in [6, 6.07) is 9.88. The highest BCUT2D eigenvalue weighted by molar-refractivity contribution is 5.79. The number of piperidine rings is 3. The van der Waals surface area contributed by atoms with Crippen LogP contribution in [0.15, 0.2) is 28.7 Å². The fraction of sp³-hybridized carbons (Fsp3) is 0.667. The van der Waals surface area contributed by atoms with Gasteiger partial charge in [0, 0.05) is 56.6 Å². The zero-order valence-corrected chi connectivity index (χ0v) is 18.7. The lowest BCUT2D eigenvalue weighted by Gasteiger charge is -2.42. The number of benzene rings is 1. The second-order valence-corrected chi connectivity index (χ2v) is 9.96. The molecule has 4 aliphatic heterocycles.